The van der Waals surface area contributed by atoms with E-state index in [2.05, 4.69) is 15.3 Å². The molecule has 8 heteroatoms. The summed E-state index contributed by atoms with van der Waals surface area (Å²) in [7, 11) is 0. The molecule has 1 N–H and O–H groups in total. The van der Waals surface area contributed by atoms with Gasteiger partial charge in [0.1, 0.15) is 5.82 Å². The van der Waals surface area contributed by atoms with Crippen molar-refractivity contribution >= 4 is 5.95 Å². The zero-order valence-corrected chi connectivity index (χ0v) is 12.0. The standard InChI is InChI=1S/C15H14F4N4/c16-12-3-1-10(2-4-12)13-9-23(6-5-20-13)14-21-7-11(8-22-14)15(17,18)19/h1-4,7-8,13,20H,5-6,9H2. The number of nitrogens with one attached hydrogen (secondary N) is 1. The lowest BCUT2D eigenvalue weighted by Gasteiger charge is -2.34. The Kier molecular flexibility index (Phi) is 4.16. The van der Waals surface area contributed by atoms with E-state index in [4.69, 9.17) is 0 Å². The van der Waals surface area contributed by atoms with Crippen molar-refractivity contribution in [1.29, 1.82) is 0 Å². The van der Waals surface area contributed by atoms with Gasteiger partial charge in [0.2, 0.25) is 5.95 Å². The Morgan fingerprint density at radius 3 is 2.35 bits per heavy atom. The molecular formula is C15H14F4N4. The maximum atomic E-state index is 13.0. The lowest BCUT2D eigenvalue weighted by molar-refractivity contribution is -0.138. The summed E-state index contributed by atoms with van der Waals surface area (Å²) in [4.78, 5) is 9.45. The molecule has 1 aliphatic heterocycles. The van der Waals surface area contributed by atoms with Crippen LogP contribution in [0.4, 0.5) is 23.5 Å². The Hall–Kier alpha value is -2.22. The minimum absolute atomic E-state index is 0.0600. The molecule has 0 radical (unpaired) electrons. The number of rotatable bonds is 2. The van der Waals surface area contributed by atoms with Crippen molar-refractivity contribution in [2.24, 2.45) is 0 Å². The minimum atomic E-state index is -4.45. The van der Waals surface area contributed by atoms with Crippen molar-refractivity contribution in [3.8, 4) is 0 Å². The molecule has 2 aromatic rings. The SMILES string of the molecule is Fc1ccc(C2CN(c3ncc(C(F)(F)F)cn3)CCN2)cc1. The quantitative estimate of drug-likeness (QED) is 0.862. The Labute approximate surface area is 130 Å². The first-order chi connectivity index (χ1) is 10.9. The predicted molar refractivity (Wildman–Crippen MR) is 76.4 cm³/mol. The maximum absolute atomic E-state index is 13.0. The van der Waals surface area contributed by atoms with Crippen LogP contribution in [0.15, 0.2) is 36.7 Å². The molecule has 0 spiro atoms. The molecule has 0 amide bonds. The van der Waals surface area contributed by atoms with Gasteiger partial charge in [0.25, 0.3) is 0 Å². The van der Waals surface area contributed by atoms with Gasteiger partial charge in [-0.2, -0.15) is 13.2 Å². The molecule has 3 rings (SSSR count). The van der Waals surface area contributed by atoms with Gasteiger partial charge in [0, 0.05) is 38.1 Å². The average molecular weight is 326 g/mol. The molecule has 23 heavy (non-hydrogen) atoms. The largest absolute Gasteiger partial charge is 0.419 e. The fourth-order valence-corrected chi connectivity index (χ4v) is 2.48. The Balaban J connectivity index is 1.74. The lowest BCUT2D eigenvalue weighted by atomic mass is 10.0. The molecule has 1 unspecified atom stereocenters. The van der Waals surface area contributed by atoms with Crippen LogP contribution in [-0.2, 0) is 6.18 Å². The molecule has 0 saturated carbocycles. The minimum Gasteiger partial charge on any atom is -0.338 e. The van der Waals surface area contributed by atoms with Gasteiger partial charge in [-0.05, 0) is 17.7 Å². The van der Waals surface area contributed by atoms with Gasteiger partial charge in [0.05, 0.1) is 5.56 Å². The first-order valence-electron chi connectivity index (χ1n) is 7.06. The van der Waals surface area contributed by atoms with E-state index in [1.54, 1.807) is 12.1 Å². The van der Waals surface area contributed by atoms with Gasteiger partial charge in [-0.25, -0.2) is 14.4 Å². The van der Waals surface area contributed by atoms with Crippen molar-refractivity contribution in [2.75, 3.05) is 24.5 Å². The van der Waals surface area contributed by atoms with Gasteiger partial charge < -0.3 is 10.2 Å². The highest BCUT2D eigenvalue weighted by Gasteiger charge is 2.32. The van der Waals surface area contributed by atoms with Gasteiger partial charge >= 0.3 is 6.18 Å². The number of aromatic nitrogens is 2. The van der Waals surface area contributed by atoms with Crippen LogP contribution in [-0.4, -0.2) is 29.6 Å². The molecule has 2 heterocycles. The Morgan fingerprint density at radius 1 is 1.09 bits per heavy atom. The second kappa shape index (κ2) is 6.11. The van der Waals surface area contributed by atoms with E-state index in [-0.39, 0.29) is 17.8 Å². The van der Waals surface area contributed by atoms with E-state index in [0.29, 0.717) is 19.6 Å². The predicted octanol–water partition coefficient (Wildman–Crippen LogP) is 2.79. The van der Waals surface area contributed by atoms with Crippen molar-refractivity contribution in [3.63, 3.8) is 0 Å². The summed E-state index contributed by atoms with van der Waals surface area (Å²) in [6.07, 6.45) is -2.87. The van der Waals surface area contributed by atoms with Crippen LogP contribution in [0.25, 0.3) is 0 Å². The number of hydrogen-bond donors (Lipinski definition) is 1. The van der Waals surface area contributed by atoms with Gasteiger partial charge in [0.15, 0.2) is 0 Å². The van der Waals surface area contributed by atoms with Gasteiger partial charge in [-0.1, -0.05) is 12.1 Å². The first kappa shape index (κ1) is 15.7. The number of alkyl halides is 3. The van der Waals surface area contributed by atoms with Crippen molar-refractivity contribution in [2.45, 2.75) is 12.2 Å². The molecule has 1 fully saturated rings. The van der Waals surface area contributed by atoms with E-state index < -0.39 is 11.7 Å². The Bertz CT molecular complexity index is 655. The van der Waals surface area contributed by atoms with E-state index in [0.717, 1.165) is 18.0 Å². The molecule has 0 aliphatic carbocycles. The molecular weight excluding hydrogens is 312 g/mol. The van der Waals surface area contributed by atoms with Gasteiger partial charge in [-0.3, -0.25) is 0 Å². The summed E-state index contributed by atoms with van der Waals surface area (Å²) in [6.45, 7) is 1.71. The van der Waals surface area contributed by atoms with Crippen LogP contribution in [0.5, 0.6) is 0 Å². The number of nitrogens with zero attached hydrogens (tertiary/aromatic N) is 3. The molecule has 122 valence electrons. The number of piperazine rings is 1. The molecule has 4 nitrogen and oxygen atoms in total. The number of halogens is 4. The summed E-state index contributed by atoms with van der Waals surface area (Å²) in [6, 6.07) is 6.07. The van der Waals surface area contributed by atoms with Crippen molar-refractivity contribution < 1.29 is 17.6 Å². The third-order valence-corrected chi connectivity index (χ3v) is 3.70. The van der Waals surface area contributed by atoms with Gasteiger partial charge in [-0.15, -0.1) is 0 Å². The van der Waals surface area contributed by atoms with Crippen molar-refractivity contribution in [1.82, 2.24) is 15.3 Å². The fraction of sp³-hybridized carbons (Fsp3) is 0.333. The highest BCUT2D eigenvalue weighted by atomic mass is 19.4. The van der Waals surface area contributed by atoms with Crippen LogP contribution in [0.2, 0.25) is 0 Å². The van der Waals surface area contributed by atoms with E-state index >= 15 is 0 Å². The molecule has 1 aromatic heterocycles. The van der Waals surface area contributed by atoms with E-state index in [9.17, 15) is 17.6 Å². The van der Waals surface area contributed by atoms with Crippen LogP contribution in [0.3, 0.4) is 0 Å². The second-order valence-corrected chi connectivity index (χ2v) is 5.27. The monoisotopic (exact) mass is 326 g/mol. The third-order valence-electron chi connectivity index (χ3n) is 3.70. The smallest absolute Gasteiger partial charge is 0.338 e. The van der Waals surface area contributed by atoms with Crippen LogP contribution >= 0.6 is 0 Å². The summed E-state index contributed by atoms with van der Waals surface area (Å²) < 4.78 is 50.6. The average Bonchev–Trinajstić information content (AvgIpc) is 2.55. The van der Waals surface area contributed by atoms with Crippen LogP contribution in [0.1, 0.15) is 17.2 Å². The summed E-state index contributed by atoms with van der Waals surface area (Å²) >= 11 is 0. The van der Waals surface area contributed by atoms with E-state index in [1.807, 2.05) is 4.90 Å². The maximum Gasteiger partial charge on any atom is 0.419 e. The highest BCUT2D eigenvalue weighted by Crippen LogP contribution is 2.28. The van der Waals surface area contributed by atoms with Crippen LogP contribution < -0.4 is 10.2 Å². The normalized spacial score (nSPS) is 19.0. The van der Waals surface area contributed by atoms with Crippen LogP contribution in [0, 0.1) is 5.82 Å². The topological polar surface area (TPSA) is 41.1 Å². The van der Waals surface area contributed by atoms with E-state index in [1.165, 1.54) is 12.1 Å². The number of hydrogen-bond acceptors (Lipinski definition) is 4. The highest BCUT2D eigenvalue weighted by molar-refractivity contribution is 5.34. The number of benzene rings is 1. The number of anilines is 1. The second-order valence-electron chi connectivity index (χ2n) is 5.27. The molecule has 0 bridgehead atoms. The third kappa shape index (κ3) is 3.58. The summed E-state index contributed by atoms with van der Waals surface area (Å²) in [5, 5.41) is 3.29. The zero-order valence-electron chi connectivity index (χ0n) is 12.0. The summed E-state index contributed by atoms with van der Waals surface area (Å²) in [5.74, 6) is -0.0564. The zero-order chi connectivity index (χ0) is 16.4. The van der Waals surface area contributed by atoms with Crippen molar-refractivity contribution in [3.05, 3.63) is 53.6 Å². The molecule has 1 saturated heterocycles. The Morgan fingerprint density at radius 2 is 1.74 bits per heavy atom. The summed E-state index contributed by atoms with van der Waals surface area (Å²) in [5.41, 5.74) is 0.0366. The lowest BCUT2D eigenvalue weighted by Crippen LogP contribution is -2.46. The molecule has 1 aromatic carbocycles. The first-order valence-corrected chi connectivity index (χ1v) is 7.06. The fourth-order valence-electron chi connectivity index (χ4n) is 2.48. The molecule has 1 atom stereocenters. The molecule has 1 aliphatic rings.